The molecule has 0 aromatic rings. The first-order valence-electron chi connectivity index (χ1n) is 3.52. The smallest absolute Gasteiger partial charge is 0.240 e. The number of hydrogen-bond acceptors (Lipinski definition) is 3. The minimum Gasteiger partial charge on any atom is -0.494 e. The van der Waals surface area contributed by atoms with Gasteiger partial charge in [-0.1, -0.05) is 12.2 Å². The zero-order valence-corrected chi connectivity index (χ0v) is 6.45. The van der Waals surface area contributed by atoms with Crippen LogP contribution in [0, 0.1) is 0 Å². The molecule has 4 N–H and O–H groups in total. The first-order valence-corrected chi connectivity index (χ1v) is 3.52. The van der Waals surface area contributed by atoms with Gasteiger partial charge >= 0.3 is 0 Å². The molecule has 0 saturated carbocycles. The second-order valence-electron chi connectivity index (χ2n) is 2.27. The van der Waals surface area contributed by atoms with Crippen molar-refractivity contribution in [1.82, 2.24) is 5.32 Å². The van der Waals surface area contributed by atoms with Gasteiger partial charge in [-0.3, -0.25) is 10.1 Å². The van der Waals surface area contributed by atoms with Crippen molar-refractivity contribution in [1.29, 1.82) is 0 Å². The van der Waals surface area contributed by atoms with E-state index >= 15 is 0 Å². The summed E-state index contributed by atoms with van der Waals surface area (Å²) in [6.45, 7) is -0.134. The molecule has 0 atom stereocenters. The number of aliphatic hydroxyl groups excluding tert-OH is 1. The molecule has 0 fully saturated rings. The third-order valence-corrected chi connectivity index (χ3v) is 1.38. The number of nitrogens with two attached hydrogens (primary N) is 1. The van der Waals surface area contributed by atoms with E-state index in [4.69, 9.17) is 5.73 Å². The molecule has 64 valence electrons. The quantitative estimate of drug-likeness (QED) is 0.504. The highest BCUT2D eigenvalue weighted by Crippen LogP contribution is 2.08. The van der Waals surface area contributed by atoms with Crippen LogP contribution in [0.2, 0.25) is 0 Å². The normalized spacial score (nSPS) is 13.6. The van der Waals surface area contributed by atoms with E-state index in [1.54, 1.807) is 24.3 Å². The molecular formula is C8H10N2O2. The van der Waals surface area contributed by atoms with Crippen LogP contribution in [0.1, 0.15) is 0 Å². The van der Waals surface area contributed by atoms with Crippen LogP contribution in [0.4, 0.5) is 0 Å². The molecule has 0 aromatic heterocycles. The number of allylic oxidation sites excluding steroid dienone is 5. The van der Waals surface area contributed by atoms with Gasteiger partial charge < -0.3 is 10.8 Å². The molecule has 1 aliphatic carbocycles. The van der Waals surface area contributed by atoms with Gasteiger partial charge in [0, 0.05) is 5.57 Å². The molecule has 12 heavy (non-hydrogen) atoms. The topological polar surface area (TPSA) is 75.4 Å². The maximum atomic E-state index is 10.7. The van der Waals surface area contributed by atoms with Crippen LogP contribution in [0.3, 0.4) is 0 Å². The summed E-state index contributed by atoms with van der Waals surface area (Å²) in [5.41, 5.74) is 5.62. The second kappa shape index (κ2) is 3.73. The van der Waals surface area contributed by atoms with E-state index in [1.807, 2.05) is 0 Å². The first-order chi connectivity index (χ1) is 5.74. The van der Waals surface area contributed by atoms with E-state index in [-0.39, 0.29) is 12.4 Å². The van der Waals surface area contributed by atoms with Crippen LogP contribution in [0.15, 0.2) is 35.8 Å². The summed E-state index contributed by atoms with van der Waals surface area (Å²) in [4.78, 5) is 10.7. The highest BCUT2D eigenvalue weighted by molar-refractivity contribution is 5.79. The van der Waals surface area contributed by atoms with Crippen molar-refractivity contribution < 1.29 is 9.90 Å². The largest absolute Gasteiger partial charge is 0.494 e. The van der Waals surface area contributed by atoms with Gasteiger partial charge in [-0.25, -0.2) is 0 Å². The Bertz CT molecular complexity index is 263. The summed E-state index contributed by atoms with van der Waals surface area (Å²) in [5.74, 6) is -0.566. The lowest BCUT2D eigenvalue weighted by Crippen LogP contribution is -2.30. The zero-order valence-electron chi connectivity index (χ0n) is 6.45. The molecule has 0 spiro atoms. The van der Waals surface area contributed by atoms with Gasteiger partial charge in [0.2, 0.25) is 5.91 Å². The van der Waals surface area contributed by atoms with E-state index in [2.05, 4.69) is 5.32 Å². The van der Waals surface area contributed by atoms with E-state index < -0.39 is 5.91 Å². The summed E-state index contributed by atoms with van der Waals surface area (Å²) in [5, 5.41) is 11.5. The number of rotatable bonds is 2. The molecule has 1 rings (SSSR count). The standard InChI is InChI=1S/C8H10N2O2/c9-5-7(11)10-8(12)6-3-1-2-4-6/h1-4,12H,5,9H2,(H,10,11). The Morgan fingerprint density at radius 3 is 2.58 bits per heavy atom. The van der Waals surface area contributed by atoms with Gasteiger partial charge in [0.1, 0.15) is 0 Å². The van der Waals surface area contributed by atoms with Gasteiger partial charge in [0.05, 0.1) is 6.54 Å². The fraction of sp³-hybridized carbons (Fsp3) is 0.125. The van der Waals surface area contributed by atoms with Crippen molar-refractivity contribution >= 4 is 5.91 Å². The summed E-state index contributed by atoms with van der Waals surface area (Å²) >= 11 is 0. The predicted molar refractivity (Wildman–Crippen MR) is 45.1 cm³/mol. The zero-order chi connectivity index (χ0) is 8.97. The molecule has 0 saturated heterocycles. The van der Waals surface area contributed by atoms with Crippen LogP contribution >= 0.6 is 0 Å². The number of amides is 1. The molecule has 0 radical (unpaired) electrons. The number of carbonyl (C=O) groups excluding carboxylic acids is 1. The van der Waals surface area contributed by atoms with Crippen LogP contribution in [0.5, 0.6) is 0 Å². The lowest BCUT2D eigenvalue weighted by molar-refractivity contribution is -0.119. The summed E-state index contributed by atoms with van der Waals surface area (Å²) in [6.07, 6.45) is 6.90. The Labute approximate surface area is 70.1 Å². The van der Waals surface area contributed by atoms with E-state index in [1.165, 1.54) is 0 Å². The molecule has 0 heterocycles. The van der Waals surface area contributed by atoms with Crippen molar-refractivity contribution in [3.63, 3.8) is 0 Å². The maximum absolute atomic E-state index is 10.7. The molecule has 0 aliphatic heterocycles. The monoisotopic (exact) mass is 166 g/mol. The Balaban J connectivity index is 2.64. The molecule has 1 amide bonds. The average Bonchev–Trinajstić information content (AvgIpc) is 2.56. The number of carbonyl (C=O) groups is 1. The highest BCUT2D eigenvalue weighted by atomic mass is 16.3. The van der Waals surface area contributed by atoms with E-state index in [9.17, 15) is 9.90 Å². The van der Waals surface area contributed by atoms with Crippen molar-refractivity contribution in [3.8, 4) is 0 Å². The van der Waals surface area contributed by atoms with Gasteiger partial charge in [-0.15, -0.1) is 0 Å². The third-order valence-electron chi connectivity index (χ3n) is 1.38. The van der Waals surface area contributed by atoms with E-state index in [0.717, 1.165) is 0 Å². The minimum atomic E-state index is -0.409. The van der Waals surface area contributed by atoms with Crippen LogP contribution in [-0.2, 0) is 4.79 Å². The molecule has 4 nitrogen and oxygen atoms in total. The van der Waals surface area contributed by atoms with Gasteiger partial charge in [-0.05, 0) is 12.2 Å². The van der Waals surface area contributed by atoms with Crippen molar-refractivity contribution in [2.45, 2.75) is 0 Å². The Morgan fingerprint density at radius 2 is 2.08 bits per heavy atom. The van der Waals surface area contributed by atoms with Gasteiger partial charge in [0.15, 0.2) is 5.88 Å². The van der Waals surface area contributed by atoms with Crippen molar-refractivity contribution in [3.05, 3.63) is 35.8 Å². The average molecular weight is 166 g/mol. The SMILES string of the molecule is NCC(=O)NC(O)=C1C=CC=C1. The summed E-state index contributed by atoms with van der Waals surface area (Å²) < 4.78 is 0. The van der Waals surface area contributed by atoms with Crippen LogP contribution in [0.25, 0.3) is 0 Å². The van der Waals surface area contributed by atoms with Gasteiger partial charge in [0.25, 0.3) is 0 Å². The third kappa shape index (κ3) is 1.96. The Hall–Kier alpha value is -1.55. The fourth-order valence-corrected chi connectivity index (χ4v) is 0.787. The van der Waals surface area contributed by atoms with Gasteiger partial charge in [-0.2, -0.15) is 0 Å². The lowest BCUT2D eigenvalue weighted by Gasteiger charge is -2.02. The first kappa shape index (κ1) is 8.55. The molecule has 1 aliphatic rings. The second-order valence-corrected chi connectivity index (χ2v) is 2.27. The number of nitrogens with one attached hydrogen (secondary N) is 1. The van der Waals surface area contributed by atoms with Crippen LogP contribution < -0.4 is 11.1 Å². The predicted octanol–water partition coefficient (Wildman–Crippen LogP) is -0.0431. The van der Waals surface area contributed by atoms with E-state index in [0.29, 0.717) is 5.57 Å². The molecule has 0 bridgehead atoms. The summed E-state index contributed by atoms with van der Waals surface area (Å²) in [6, 6.07) is 0. The molecule has 0 unspecified atom stereocenters. The van der Waals surface area contributed by atoms with Crippen LogP contribution in [-0.4, -0.2) is 17.6 Å². The fourth-order valence-electron chi connectivity index (χ4n) is 0.787. The number of hydrogen-bond donors (Lipinski definition) is 3. The molecular weight excluding hydrogens is 156 g/mol. The molecule has 0 aromatic carbocycles. The minimum absolute atomic E-state index is 0.134. The number of aliphatic hydroxyl groups is 1. The molecule has 4 heteroatoms. The maximum Gasteiger partial charge on any atom is 0.240 e. The van der Waals surface area contributed by atoms with Crippen molar-refractivity contribution in [2.75, 3.05) is 6.54 Å². The Kier molecular flexibility index (Phi) is 2.66. The summed E-state index contributed by atoms with van der Waals surface area (Å²) in [7, 11) is 0. The Morgan fingerprint density at radius 1 is 1.50 bits per heavy atom. The lowest BCUT2D eigenvalue weighted by atomic mass is 10.3. The van der Waals surface area contributed by atoms with Crippen molar-refractivity contribution in [2.24, 2.45) is 5.73 Å². The highest BCUT2D eigenvalue weighted by Gasteiger charge is 2.04.